The summed E-state index contributed by atoms with van der Waals surface area (Å²) in [7, 11) is 0. The van der Waals surface area contributed by atoms with Crippen LogP contribution in [0.2, 0.25) is 5.02 Å². The zero-order valence-corrected chi connectivity index (χ0v) is 19.4. The number of hydrogen-bond acceptors (Lipinski definition) is 8. The van der Waals surface area contributed by atoms with Gasteiger partial charge in [0.05, 0.1) is 25.9 Å². The van der Waals surface area contributed by atoms with Gasteiger partial charge in [-0.15, -0.1) is 0 Å². The summed E-state index contributed by atoms with van der Waals surface area (Å²) >= 11 is 6.46. The summed E-state index contributed by atoms with van der Waals surface area (Å²) in [5.41, 5.74) is 0.686. The molecule has 9 heteroatoms. The van der Waals surface area contributed by atoms with Crippen molar-refractivity contribution in [1.82, 2.24) is 0 Å². The molecule has 8 nitrogen and oxygen atoms in total. The first kappa shape index (κ1) is 24.0. The van der Waals surface area contributed by atoms with E-state index < -0.39 is 36.3 Å². The maximum absolute atomic E-state index is 10.8. The molecule has 2 aromatic rings. The van der Waals surface area contributed by atoms with Crippen molar-refractivity contribution in [3.8, 4) is 5.75 Å². The standard InChI is InChI=1S/C25H29ClO8/c26-20-8-3-17(25-23(30)21(28)22(29)24(13-27,34-25)14-33-25)12-16(20)11-15-1-4-18(5-2-15)31-9-10-32-19-6-7-19/h1-5,8,12,19,21-23,27-30H,6-7,9-11,13-14H2/t21-,22-,23+,24-,25?/m0/s1. The summed E-state index contributed by atoms with van der Waals surface area (Å²) in [6.07, 6.45) is -1.41. The van der Waals surface area contributed by atoms with Crippen molar-refractivity contribution in [2.75, 3.05) is 26.4 Å². The molecule has 1 aliphatic carbocycles. The van der Waals surface area contributed by atoms with Crippen molar-refractivity contribution in [3.05, 3.63) is 64.2 Å². The molecule has 5 atom stereocenters. The van der Waals surface area contributed by atoms with E-state index in [2.05, 4.69) is 0 Å². The van der Waals surface area contributed by atoms with Crippen LogP contribution >= 0.6 is 11.6 Å². The molecule has 5 rings (SSSR count). The average Bonchev–Trinajstić information content (AvgIpc) is 3.60. The van der Waals surface area contributed by atoms with E-state index in [0.717, 1.165) is 29.7 Å². The summed E-state index contributed by atoms with van der Waals surface area (Å²) in [5, 5.41) is 41.9. The van der Waals surface area contributed by atoms with Crippen LogP contribution in [0.5, 0.6) is 5.75 Å². The SMILES string of the molecule is OC[C@@]12COC(c3ccc(Cl)c(Cc4ccc(OCCOC5CC5)cc4)c3)(O1)[C@H](O)[C@@H](O)[C@@H]2O. The van der Waals surface area contributed by atoms with Gasteiger partial charge < -0.3 is 39.4 Å². The number of aliphatic hydroxyl groups is 4. The number of aliphatic hydroxyl groups excluding tert-OH is 4. The molecule has 2 bridgehead atoms. The van der Waals surface area contributed by atoms with Crippen LogP contribution in [0.1, 0.15) is 29.5 Å². The second kappa shape index (κ2) is 9.37. The first-order valence-electron chi connectivity index (χ1n) is 11.5. The number of fused-ring (bicyclic) bond motifs is 2. The lowest BCUT2D eigenvalue weighted by Gasteiger charge is -2.46. The number of ether oxygens (including phenoxy) is 4. The predicted molar refractivity (Wildman–Crippen MR) is 122 cm³/mol. The molecule has 2 aromatic carbocycles. The lowest BCUT2D eigenvalue weighted by atomic mass is 9.83. The number of hydrogen-bond donors (Lipinski definition) is 4. The van der Waals surface area contributed by atoms with Gasteiger partial charge in [0.1, 0.15) is 36.3 Å². The topological polar surface area (TPSA) is 118 Å². The monoisotopic (exact) mass is 492 g/mol. The van der Waals surface area contributed by atoms with Gasteiger partial charge in [-0.3, -0.25) is 0 Å². The third kappa shape index (κ3) is 4.34. The lowest BCUT2D eigenvalue weighted by molar-refractivity contribution is -0.329. The molecule has 0 amide bonds. The Morgan fingerprint density at radius 2 is 1.76 bits per heavy atom. The molecule has 2 aliphatic heterocycles. The molecular formula is C25H29ClO8. The molecule has 3 fully saturated rings. The van der Waals surface area contributed by atoms with Crippen LogP contribution in [-0.4, -0.2) is 76.9 Å². The van der Waals surface area contributed by atoms with E-state index >= 15 is 0 Å². The molecule has 0 radical (unpaired) electrons. The van der Waals surface area contributed by atoms with Crippen molar-refractivity contribution in [1.29, 1.82) is 0 Å². The fourth-order valence-electron chi connectivity index (χ4n) is 4.53. The summed E-state index contributed by atoms with van der Waals surface area (Å²) in [4.78, 5) is 0. The summed E-state index contributed by atoms with van der Waals surface area (Å²) in [6.45, 7) is 0.338. The Morgan fingerprint density at radius 3 is 2.47 bits per heavy atom. The summed E-state index contributed by atoms with van der Waals surface area (Å²) in [6, 6.07) is 12.8. The molecule has 2 heterocycles. The molecule has 0 spiro atoms. The molecule has 184 valence electrons. The molecule has 34 heavy (non-hydrogen) atoms. The average molecular weight is 493 g/mol. The van der Waals surface area contributed by atoms with Gasteiger partial charge in [0.25, 0.3) is 0 Å². The van der Waals surface area contributed by atoms with Crippen molar-refractivity contribution in [2.24, 2.45) is 0 Å². The van der Waals surface area contributed by atoms with Crippen molar-refractivity contribution < 1.29 is 39.4 Å². The van der Waals surface area contributed by atoms with E-state index in [0.29, 0.717) is 36.3 Å². The smallest absolute Gasteiger partial charge is 0.225 e. The van der Waals surface area contributed by atoms with Gasteiger partial charge in [0.15, 0.2) is 0 Å². The minimum atomic E-state index is -1.72. The Hall–Kier alpha value is -1.75. The zero-order valence-electron chi connectivity index (χ0n) is 18.6. The summed E-state index contributed by atoms with van der Waals surface area (Å²) < 4.78 is 23.0. The minimum absolute atomic E-state index is 0.177. The lowest BCUT2D eigenvalue weighted by Crippen LogP contribution is -2.65. The van der Waals surface area contributed by atoms with Gasteiger partial charge in [-0.1, -0.05) is 29.8 Å². The van der Waals surface area contributed by atoms with E-state index in [1.54, 1.807) is 18.2 Å². The van der Waals surface area contributed by atoms with Crippen molar-refractivity contribution in [3.63, 3.8) is 0 Å². The molecule has 1 saturated carbocycles. The fourth-order valence-corrected chi connectivity index (χ4v) is 4.72. The van der Waals surface area contributed by atoms with Gasteiger partial charge in [0, 0.05) is 10.6 Å². The highest BCUT2D eigenvalue weighted by Crippen LogP contribution is 2.49. The number of halogens is 1. The van der Waals surface area contributed by atoms with Crippen LogP contribution in [0, 0.1) is 0 Å². The van der Waals surface area contributed by atoms with Gasteiger partial charge >= 0.3 is 0 Å². The molecule has 2 saturated heterocycles. The molecule has 0 aromatic heterocycles. The maximum Gasteiger partial charge on any atom is 0.225 e. The molecule has 3 aliphatic rings. The van der Waals surface area contributed by atoms with Crippen LogP contribution in [0.3, 0.4) is 0 Å². The molecule has 1 unspecified atom stereocenters. The third-order valence-corrected chi connectivity index (χ3v) is 7.09. The van der Waals surface area contributed by atoms with Crippen LogP contribution in [0.15, 0.2) is 42.5 Å². The highest BCUT2D eigenvalue weighted by atomic mass is 35.5. The molecule has 4 N–H and O–H groups in total. The van der Waals surface area contributed by atoms with Crippen molar-refractivity contribution in [2.45, 2.75) is 55.1 Å². The number of rotatable bonds is 9. The van der Waals surface area contributed by atoms with E-state index in [4.69, 9.17) is 30.5 Å². The van der Waals surface area contributed by atoms with Crippen LogP contribution in [0.4, 0.5) is 0 Å². The Kier molecular flexibility index (Phi) is 6.60. The third-order valence-electron chi connectivity index (χ3n) is 6.72. The van der Waals surface area contributed by atoms with E-state index in [1.807, 2.05) is 24.3 Å². The van der Waals surface area contributed by atoms with Crippen LogP contribution in [0.25, 0.3) is 0 Å². The Balaban J connectivity index is 1.31. The van der Waals surface area contributed by atoms with Gasteiger partial charge in [-0.25, -0.2) is 0 Å². The minimum Gasteiger partial charge on any atom is -0.491 e. The highest BCUT2D eigenvalue weighted by molar-refractivity contribution is 6.31. The van der Waals surface area contributed by atoms with Gasteiger partial charge in [-0.05, 0) is 54.7 Å². The number of benzene rings is 2. The van der Waals surface area contributed by atoms with Gasteiger partial charge in [-0.2, -0.15) is 0 Å². The Morgan fingerprint density at radius 1 is 1.00 bits per heavy atom. The van der Waals surface area contributed by atoms with E-state index in [9.17, 15) is 20.4 Å². The first-order valence-corrected chi connectivity index (χ1v) is 11.9. The first-order chi connectivity index (χ1) is 16.4. The predicted octanol–water partition coefficient (Wildman–Crippen LogP) is 1.52. The fraction of sp³-hybridized carbons (Fsp3) is 0.520. The van der Waals surface area contributed by atoms with Crippen molar-refractivity contribution >= 4 is 11.6 Å². The van der Waals surface area contributed by atoms with Crippen LogP contribution in [-0.2, 0) is 26.4 Å². The second-order valence-electron chi connectivity index (χ2n) is 9.21. The van der Waals surface area contributed by atoms with E-state index in [-0.39, 0.29) is 6.61 Å². The van der Waals surface area contributed by atoms with E-state index in [1.165, 1.54) is 0 Å². The van der Waals surface area contributed by atoms with Gasteiger partial charge in [0.2, 0.25) is 5.79 Å². The Bertz CT molecular complexity index is 1010. The quantitative estimate of drug-likeness (QED) is 0.389. The normalized spacial score (nSPS) is 32.7. The second-order valence-corrected chi connectivity index (χ2v) is 9.61. The largest absolute Gasteiger partial charge is 0.491 e. The Labute approximate surface area is 202 Å². The highest BCUT2D eigenvalue weighted by Gasteiger charge is 2.67. The summed E-state index contributed by atoms with van der Waals surface area (Å²) in [5.74, 6) is -0.964. The molecular weight excluding hydrogens is 464 g/mol. The maximum atomic E-state index is 10.8. The zero-order chi connectivity index (χ0) is 23.9. The van der Waals surface area contributed by atoms with Crippen LogP contribution < -0.4 is 4.74 Å².